The smallest absolute Gasteiger partial charge is 0.0494 e. The second-order valence-electron chi connectivity index (χ2n) is 6.04. The Bertz CT molecular complexity index is 370. The van der Waals surface area contributed by atoms with E-state index in [0.717, 1.165) is 32.1 Å². The van der Waals surface area contributed by atoms with Crippen LogP contribution in [-0.4, -0.2) is 19.8 Å². The molecule has 1 fully saturated rings. The fourth-order valence-electron chi connectivity index (χ4n) is 2.41. The minimum atomic E-state index is 0.425. The Morgan fingerprint density at radius 3 is 2.65 bits per heavy atom. The molecule has 1 saturated carbocycles. The average Bonchev–Trinajstić information content (AvgIpc) is 3.28. The van der Waals surface area contributed by atoms with E-state index in [4.69, 9.17) is 4.74 Å². The SMILES string of the molecule is CCCc1ccc(C(C)NCCCOCC2CC2)cc1. The zero-order valence-electron chi connectivity index (χ0n) is 13.0. The summed E-state index contributed by atoms with van der Waals surface area (Å²) < 4.78 is 5.65. The fourth-order valence-corrected chi connectivity index (χ4v) is 2.41. The van der Waals surface area contributed by atoms with Gasteiger partial charge in [-0.15, -0.1) is 0 Å². The highest BCUT2D eigenvalue weighted by Gasteiger charge is 2.20. The summed E-state index contributed by atoms with van der Waals surface area (Å²) in [6, 6.07) is 9.46. The molecular formula is C18H29NO. The molecule has 1 unspecified atom stereocenters. The van der Waals surface area contributed by atoms with Gasteiger partial charge in [-0.1, -0.05) is 37.6 Å². The van der Waals surface area contributed by atoms with Gasteiger partial charge >= 0.3 is 0 Å². The van der Waals surface area contributed by atoms with Crippen molar-refractivity contribution in [1.82, 2.24) is 5.32 Å². The van der Waals surface area contributed by atoms with E-state index in [9.17, 15) is 0 Å². The number of ether oxygens (including phenoxy) is 1. The molecule has 1 aliphatic rings. The third-order valence-corrected chi connectivity index (χ3v) is 3.98. The lowest BCUT2D eigenvalue weighted by Gasteiger charge is -2.15. The Kier molecular flexibility index (Phi) is 6.55. The molecule has 2 rings (SSSR count). The van der Waals surface area contributed by atoms with Gasteiger partial charge in [-0.25, -0.2) is 0 Å². The van der Waals surface area contributed by atoms with E-state index in [1.807, 2.05) is 0 Å². The number of aryl methyl sites for hydroxylation is 1. The van der Waals surface area contributed by atoms with Crippen molar-refractivity contribution in [1.29, 1.82) is 0 Å². The molecule has 0 bridgehead atoms. The highest BCUT2D eigenvalue weighted by molar-refractivity contribution is 5.24. The summed E-state index contributed by atoms with van der Waals surface area (Å²) in [5, 5.41) is 3.57. The molecule has 1 atom stereocenters. The van der Waals surface area contributed by atoms with E-state index >= 15 is 0 Å². The topological polar surface area (TPSA) is 21.3 Å². The number of nitrogens with one attached hydrogen (secondary N) is 1. The first kappa shape index (κ1) is 15.5. The van der Waals surface area contributed by atoms with Crippen LogP contribution in [-0.2, 0) is 11.2 Å². The Labute approximate surface area is 123 Å². The molecule has 0 aliphatic heterocycles. The van der Waals surface area contributed by atoms with Crippen molar-refractivity contribution < 1.29 is 4.74 Å². The molecule has 20 heavy (non-hydrogen) atoms. The van der Waals surface area contributed by atoms with Gasteiger partial charge in [0.15, 0.2) is 0 Å². The monoisotopic (exact) mass is 275 g/mol. The standard InChI is InChI=1S/C18H29NO/c1-3-5-16-8-10-18(11-9-16)15(2)19-12-4-13-20-14-17-6-7-17/h8-11,15,17,19H,3-7,12-14H2,1-2H3. The highest BCUT2D eigenvalue weighted by atomic mass is 16.5. The van der Waals surface area contributed by atoms with Crippen LogP contribution in [0.4, 0.5) is 0 Å². The summed E-state index contributed by atoms with van der Waals surface area (Å²) in [6.45, 7) is 7.37. The summed E-state index contributed by atoms with van der Waals surface area (Å²) in [6.07, 6.45) is 6.26. The minimum Gasteiger partial charge on any atom is -0.381 e. The van der Waals surface area contributed by atoms with Gasteiger partial charge in [0.1, 0.15) is 0 Å². The molecule has 1 N–H and O–H groups in total. The molecule has 2 heteroatoms. The summed E-state index contributed by atoms with van der Waals surface area (Å²) >= 11 is 0. The van der Waals surface area contributed by atoms with Crippen molar-refractivity contribution in [3.05, 3.63) is 35.4 Å². The van der Waals surface area contributed by atoms with Gasteiger partial charge in [0.05, 0.1) is 0 Å². The van der Waals surface area contributed by atoms with Crippen LogP contribution in [0, 0.1) is 5.92 Å². The van der Waals surface area contributed by atoms with Crippen LogP contribution in [0.5, 0.6) is 0 Å². The van der Waals surface area contributed by atoms with Crippen LogP contribution in [0.15, 0.2) is 24.3 Å². The van der Waals surface area contributed by atoms with Crippen LogP contribution in [0.1, 0.15) is 56.7 Å². The molecule has 2 nitrogen and oxygen atoms in total. The van der Waals surface area contributed by atoms with Crippen LogP contribution in [0.3, 0.4) is 0 Å². The van der Waals surface area contributed by atoms with Crippen molar-refractivity contribution >= 4 is 0 Å². The van der Waals surface area contributed by atoms with Crippen LogP contribution < -0.4 is 5.32 Å². The normalized spacial score (nSPS) is 16.3. The molecule has 112 valence electrons. The predicted molar refractivity (Wildman–Crippen MR) is 85.0 cm³/mol. The molecule has 0 radical (unpaired) electrons. The van der Waals surface area contributed by atoms with Crippen molar-refractivity contribution in [3.8, 4) is 0 Å². The van der Waals surface area contributed by atoms with Crippen molar-refractivity contribution in [2.24, 2.45) is 5.92 Å². The largest absolute Gasteiger partial charge is 0.381 e. The van der Waals surface area contributed by atoms with Crippen molar-refractivity contribution in [3.63, 3.8) is 0 Å². The van der Waals surface area contributed by atoms with Gasteiger partial charge in [0, 0.05) is 19.3 Å². The molecule has 0 amide bonds. The zero-order valence-corrected chi connectivity index (χ0v) is 13.0. The lowest BCUT2D eigenvalue weighted by molar-refractivity contribution is 0.121. The lowest BCUT2D eigenvalue weighted by Crippen LogP contribution is -2.21. The van der Waals surface area contributed by atoms with E-state index in [2.05, 4.69) is 43.4 Å². The summed E-state index contributed by atoms with van der Waals surface area (Å²) in [7, 11) is 0. The van der Waals surface area contributed by atoms with Gasteiger partial charge in [0.25, 0.3) is 0 Å². The van der Waals surface area contributed by atoms with E-state index in [1.54, 1.807) is 0 Å². The minimum absolute atomic E-state index is 0.425. The van der Waals surface area contributed by atoms with E-state index < -0.39 is 0 Å². The molecule has 1 aromatic carbocycles. The number of hydrogen-bond donors (Lipinski definition) is 1. The average molecular weight is 275 g/mol. The number of hydrogen-bond acceptors (Lipinski definition) is 2. The maximum absolute atomic E-state index is 5.65. The second-order valence-corrected chi connectivity index (χ2v) is 6.04. The zero-order chi connectivity index (χ0) is 14.2. The lowest BCUT2D eigenvalue weighted by atomic mass is 10.0. The van der Waals surface area contributed by atoms with Crippen LogP contribution >= 0.6 is 0 Å². The first-order chi connectivity index (χ1) is 9.79. The third kappa shape index (κ3) is 5.64. The van der Waals surface area contributed by atoms with E-state index in [-0.39, 0.29) is 0 Å². The fraction of sp³-hybridized carbons (Fsp3) is 0.667. The van der Waals surface area contributed by atoms with E-state index in [1.165, 1.54) is 36.8 Å². The molecule has 1 aromatic rings. The van der Waals surface area contributed by atoms with Gasteiger partial charge in [-0.05, 0) is 56.2 Å². The predicted octanol–water partition coefficient (Wildman–Crippen LogP) is 4.11. The Morgan fingerprint density at radius 2 is 2.00 bits per heavy atom. The van der Waals surface area contributed by atoms with Crippen LogP contribution in [0.25, 0.3) is 0 Å². The summed E-state index contributed by atoms with van der Waals surface area (Å²) in [5.41, 5.74) is 2.82. The molecule has 0 heterocycles. The first-order valence-electron chi connectivity index (χ1n) is 8.19. The van der Waals surface area contributed by atoms with Gasteiger partial charge in [0.2, 0.25) is 0 Å². The second kappa shape index (κ2) is 8.43. The van der Waals surface area contributed by atoms with Crippen molar-refractivity contribution in [2.45, 2.75) is 52.0 Å². The molecule has 0 spiro atoms. The highest BCUT2D eigenvalue weighted by Crippen LogP contribution is 2.28. The molecule has 1 aliphatic carbocycles. The van der Waals surface area contributed by atoms with Crippen LogP contribution in [0.2, 0.25) is 0 Å². The quantitative estimate of drug-likeness (QED) is 0.649. The van der Waals surface area contributed by atoms with Crippen molar-refractivity contribution in [2.75, 3.05) is 19.8 Å². The Balaban J connectivity index is 1.59. The number of benzene rings is 1. The maximum Gasteiger partial charge on any atom is 0.0494 e. The Hall–Kier alpha value is -0.860. The molecular weight excluding hydrogens is 246 g/mol. The molecule has 0 saturated heterocycles. The first-order valence-corrected chi connectivity index (χ1v) is 8.19. The van der Waals surface area contributed by atoms with E-state index in [0.29, 0.717) is 6.04 Å². The molecule has 0 aromatic heterocycles. The summed E-state index contributed by atoms with van der Waals surface area (Å²) in [4.78, 5) is 0. The van der Waals surface area contributed by atoms with Gasteiger partial charge < -0.3 is 10.1 Å². The number of rotatable bonds is 10. The maximum atomic E-state index is 5.65. The Morgan fingerprint density at radius 1 is 1.25 bits per heavy atom. The van der Waals surface area contributed by atoms with Gasteiger partial charge in [-0.3, -0.25) is 0 Å². The van der Waals surface area contributed by atoms with Gasteiger partial charge in [-0.2, -0.15) is 0 Å². The summed E-state index contributed by atoms with van der Waals surface area (Å²) in [5.74, 6) is 0.878. The third-order valence-electron chi connectivity index (χ3n) is 3.98.